The average molecular weight is 186 g/mol. The molecule has 0 radical (unpaired) electrons. The minimum Gasteiger partial charge on any atom is -0.336 e. The number of carbonyl (C=O) groups excluding carboxylic acids is 1. The van der Waals surface area contributed by atoms with E-state index in [9.17, 15) is 4.79 Å². The molecule has 5 nitrogen and oxygen atoms in total. The smallest absolute Gasteiger partial charge is 0.317 e. The van der Waals surface area contributed by atoms with E-state index in [-0.39, 0.29) is 12.1 Å². The molecule has 3 N–H and O–H groups in total. The molecule has 1 rings (SSSR count). The number of nitrogens with one attached hydrogen (secondary N) is 1. The molecule has 0 spiro atoms. The van der Waals surface area contributed by atoms with Crippen molar-refractivity contribution in [3.05, 3.63) is 0 Å². The maximum Gasteiger partial charge on any atom is 0.317 e. The molecule has 1 fully saturated rings. The van der Waals surface area contributed by atoms with Crippen molar-refractivity contribution in [2.45, 2.75) is 19.9 Å². The van der Waals surface area contributed by atoms with Crippen molar-refractivity contribution < 1.29 is 4.79 Å². The zero-order valence-corrected chi connectivity index (χ0v) is 8.29. The number of hydrazine groups is 1. The van der Waals surface area contributed by atoms with Gasteiger partial charge in [-0.2, -0.15) is 0 Å². The van der Waals surface area contributed by atoms with Crippen molar-refractivity contribution in [2.75, 3.05) is 26.2 Å². The Morgan fingerprint density at radius 3 is 2.31 bits per heavy atom. The van der Waals surface area contributed by atoms with E-state index in [1.54, 1.807) is 9.91 Å². The molecule has 2 amide bonds. The second-order valence-electron chi connectivity index (χ2n) is 3.63. The lowest BCUT2D eigenvalue weighted by Gasteiger charge is -2.32. The highest BCUT2D eigenvalue weighted by Crippen LogP contribution is 1.98. The lowest BCUT2D eigenvalue weighted by Crippen LogP contribution is -2.54. The van der Waals surface area contributed by atoms with Crippen LogP contribution in [0.5, 0.6) is 0 Å². The summed E-state index contributed by atoms with van der Waals surface area (Å²) in [6.07, 6.45) is 0. The number of nitrogens with zero attached hydrogens (tertiary/aromatic N) is 2. The van der Waals surface area contributed by atoms with E-state index in [1.807, 2.05) is 13.8 Å². The SMILES string of the molecule is CC(C)NC(=O)N1CCN(N)CC1. The minimum atomic E-state index is 0.0168. The van der Waals surface area contributed by atoms with Crippen LogP contribution in [0.25, 0.3) is 0 Å². The van der Waals surface area contributed by atoms with Gasteiger partial charge >= 0.3 is 6.03 Å². The van der Waals surface area contributed by atoms with Crippen molar-refractivity contribution in [3.8, 4) is 0 Å². The summed E-state index contributed by atoms with van der Waals surface area (Å²) in [6, 6.07) is 0.214. The lowest BCUT2D eigenvalue weighted by molar-refractivity contribution is 0.139. The molecule has 0 aromatic heterocycles. The van der Waals surface area contributed by atoms with Crippen molar-refractivity contribution in [2.24, 2.45) is 5.84 Å². The van der Waals surface area contributed by atoms with Gasteiger partial charge in [0.05, 0.1) is 0 Å². The van der Waals surface area contributed by atoms with Gasteiger partial charge in [-0.05, 0) is 13.8 Å². The van der Waals surface area contributed by atoms with Crippen LogP contribution in [-0.4, -0.2) is 48.2 Å². The van der Waals surface area contributed by atoms with E-state index in [1.165, 1.54) is 0 Å². The summed E-state index contributed by atoms with van der Waals surface area (Å²) < 4.78 is 0. The Morgan fingerprint density at radius 1 is 1.31 bits per heavy atom. The largest absolute Gasteiger partial charge is 0.336 e. The topological polar surface area (TPSA) is 61.6 Å². The molecule has 0 aromatic rings. The number of nitrogens with two attached hydrogens (primary N) is 1. The molecule has 5 heteroatoms. The predicted octanol–water partition coefficient (Wildman–Crippen LogP) is -0.404. The standard InChI is InChI=1S/C8H18N4O/c1-7(2)10-8(13)11-3-5-12(9)6-4-11/h7H,3-6,9H2,1-2H3,(H,10,13). The highest BCUT2D eigenvalue weighted by atomic mass is 16.2. The molecule has 0 atom stereocenters. The number of urea groups is 1. The van der Waals surface area contributed by atoms with Gasteiger partial charge in [0.25, 0.3) is 0 Å². The molecule has 0 aliphatic carbocycles. The van der Waals surface area contributed by atoms with Crippen LogP contribution in [0.1, 0.15) is 13.8 Å². The number of hydrogen-bond acceptors (Lipinski definition) is 3. The van der Waals surface area contributed by atoms with Crippen LogP contribution in [0.2, 0.25) is 0 Å². The van der Waals surface area contributed by atoms with Gasteiger partial charge in [0.2, 0.25) is 0 Å². The van der Waals surface area contributed by atoms with Gasteiger partial charge in [0, 0.05) is 32.2 Å². The molecule has 0 bridgehead atoms. The zero-order valence-electron chi connectivity index (χ0n) is 8.29. The van der Waals surface area contributed by atoms with Gasteiger partial charge in [0.15, 0.2) is 0 Å². The van der Waals surface area contributed by atoms with Gasteiger partial charge in [-0.3, -0.25) is 5.84 Å². The number of carbonyl (C=O) groups is 1. The molecular formula is C8H18N4O. The zero-order chi connectivity index (χ0) is 9.84. The van der Waals surface area contributed by atoms with Crippen LogP contribution in [0.15, 0.2) is 0 Å². The highest BCUT2D eigenvalue weighted by molar-refractivity contribution is 5.74. The third kappa shape index (κ3) is 3.20. The summed E-state index contributed by atoms with van der Waals surface area (Å²) in [5.74, 6) is 5.57. The van der Waals surface area contributed by atoms with E-state index in [2.05, 4.69) is 5.32 Å². The Morgan fingerprint density at radius 2 is 1.85 bits per heavy atom. The fourth-order valence-electron chi connectivity index (χ4n) is 1.26. The monoisotopic (exact) mass is 186 g/mol. The molecule has 0 unspecified atom stereocenters. The van der Waals surface area contributed by atoms with Gasteiger partial charge < -0.3 is 10.2 Å². The number of piperazine rings is 1. The quantitative estimate of drug-likeness (QED) is 0.548. The highest BCUT2D eigenvalue weighted by Gasteiger charge is 2.19. The van der Waals surface area contributed by atoms with E-state index >= 15 is 0 Å². The first-order valence-electron chi connectivity index (χ1n) is 4.64. The summed E-state index contributed by atoms with van der Waals surface area (Å²) in [6.45, 7) is 6.86. The van der Waals surface area contributed by atoms with Crippen LogP contribution in [0.3, 0.4) is 0 Å². The lowest BCUT2D eigenvalue weighted by atomic mass is 10.3. The van der Waals surface area contributed by atoms with Crippen molar-refractivity contribution in [1.82, 2.24) is 15.2 Å². The summed E-state index contributed by atoms with van der Waals surface area (Å²) in [4.78, 5) is 13.3. The first-order valence-corrected chi connectivity index (χ1v) is 4.64. The van der Waals surface area contributed by atoms with Gasteiger partial charge in [0.1, 0.15) is 0 Å². The third-order valence-electron chi connectivity index (χ3n) is 2.01. The number of amides is 2. The van der Waals surface area contributed by atoms with Crippen LogP contribution < -0.4 is 11.2 Å². The Kier molecular flexibility index (Phi) is 3.50. The van der Waals surface area contributed by atoms with E-state index in [0.717, 1.165) is 26.2 Å². The predicted molar refractivity (Wildman–Crippen MR) is 51.0 cm³/mol. The van der Waals surface area contributed by atoms with Crippen LogP contribution in [0.4, 0.5) is 4.79 Å². The summed E-state index contributed by atoms with van der Waals surface area (Å²) in [5, 5.41) is 4.59. The summed E-state index contributed by atoms with van der Waals surface area (Å²) >= 11 is 0. The fraction of sp³-hybridized carbons (Fsp3) is 0.875. The second-order valence-corrected chi connectivity index (χ2v) is 3.63. The molecule has 76 valence electrons. The summed E-state index contributed by atoms with van der Waals surface area (Å²) in [5.41, 5.74) is 0. The average Bonchev–Trinajstić information content (AvgIpc) is 2.04. The first kappa shape index (κ1) is 10.3. The Hall–Kier alpha value is -0.810. The minimum absolute atomic E-state index is 0.0168. The molecule has 1 aliphatic heterocycles. The Bertz CT molecular complexity index is 175. The first-order chi connectivity index (χ1) is 6.09. The van der Waals surface area contributed by atoms with Crippen molar-refractivity contribution in [3.63, 3.8) is 0 Å². The third-order valence-corrected chi connectivity index (χ3v) is 2.01. The van der Waals surface area contributed by atoms with E-state index < -0.39 is 0 Å². The van der Waals surface area contributed by atoms with E-state index in [4.69, 9.17) is 5.84 Å². The molecule has 0 aromatic carbocycles. The van der Waals surface area contributed by atoms with Gasteiger partial charge in [-0.15, -0.1) is 0 Å². The van der Waals surface area contributed by atoms with Crippen LogP contribution in [-0.2, 0) is 0 Å². The molecular weight excluding hydrogens is 168 g/mol. The molecule has 1 aliphatic rings. The van der Waals surface area contributed by atoms with E-state index in [0.29, 0.717) is 0 Å². The fourth-order valence-corrected chi connectivity index (χ4v) is 1.26. The van der Waals surface area contributed by atoms with Crippen molar-refractivity contribution >= 4 is 6.03 Å². The van der Waals surface area contributed by atoms with Gasteiger partial charge in [-0.1, -0.05) is 0 Å². The maximum atomic E-state index is 11.5. The molecule has 1 heterocycles. The Balaban J connectivity index is 2.31. The van der Waals surface area contributed by atoms with Crippen molar-refractivity contribution in [1.29, 1.82) is 0 Å². The molecule has 13 heavy (non-hydrogen) atoms. The molecule has 0 saturated carbocycles. The normalized spacial score (nSPS) is 19.2. The molecule has 1 saturated heterocycles. The number of rotatable bonds is 1. The van der Waals surface area contributed by atoms with Gasteiger partial charge in [-0.25, -0.2) is 9.80 Å². The van der Waals surface area contributed by atoms with Crippen LogP contribution >= 0.6 is 0 Å². The summed E-state index contributed by atoms with van der Waals surface area (Å²) in [7, 11) is 0. The Labute approximate surface area is 78.8 Å². The number of hydrogen-bond donors (Lipinski definition) is 2. The van der Waals surface area contributed by atoms with Crippen LogP contribution in [0, 0.1) is 0 Å². The second kappa shape index (κ2) is 4.43. The maximum absolute atomic E-state index is 11.5.